The second kappa shape index (κ2) is 5.21. The Kier molecular flexibility index (Phi) is 3.80. The Balaban J connectivity index is 2.06. The topological polar surface area (TPSA) is 66.5 Å². The maximum Gasteiger partial charge on any atom is 0.251 e. The molecule has 1 aromatic carbocycles. The van der Waals surface area contributed by atoms with Crippen LogP contribution in [-0.4, -0.2) is 46.0 Å². The lowest BCUT2D eigenvalue weighted by molar-refractivity contribution is 0.0941. The normalized spacial score (nSPS) is 21.1. The van der Waals surface area contributed by atoms with Crippen LogP contribution in [0.25, 0.3) is 0 Å². The number of rotatable bonds is 3. The Morgan fingerprint density at radius 1 is 1.37 bits per heavy atom. The van der Waals surface area contributed by atoms with Gasteiger partial charge in [0.05, 0.1) is 11.5 Å². The van der Waals surface area contributed by atoms with Crippen LogP contribution in [-0.2, 0) is 9.84 Å². The van der Waals surface area contributed by atoms with Gasteiger partial charge in [-0.1, -0.05) is 6.07 Å². The number of carbonyl (C=O) groups excluding carboxylic acids is 1. The predicted molar refractivity (Wildman–Crippen MR) is 75.3 cm³/mol. The highest BCUT2D eigenvalue weighted by Crippen LogP contribution is 2.15. The summed E-state index contributed by atoms with van der Waals surface area (Å²) in [5.41, 5.74) is 1.49. The summed E-state index contributed by atoms with van der Waals surface area (Å²) in [5.74, 6) is -0.00674. The summed E-state index contributed by atoms with van der Waals surface area (Å²) in [4.78, 5) is 14.0. The monoisotopic (exact) mass is 282 g/mol. The molecule has 19 heavy (non-hydrogen) atoms. The minimum absolute atomic E-state index is 0.0477. The van der Waals surface area contributed by atoms with E-state index in [1.165, 1.54) is 0 Å². The third-order valence-corrected chi connectivity index (χ3v) is 4.96. The van der Waals surface area contributed by atoms with Crippen LogP contribution < -0.4 is 10.2 Å². The van der Waals surface area contributed by atoms with Gasteiger partial charge < -0.3 is 10.2 Å². The Bertz CT molecular complexity index is 581. The summed E-state index contributed by atoms with van der Waals surface area (Å²) in [5, 5.41) is 2.78. The van der Waals surface area contributed by atoms with Gasteiger partial charge >= 0.3 is 0 Å². The van der Waals surface area contributed by atoms with Crippen molar-refractivity contribution in [3.63, 3.8) is 0 Å². The molecule has 1 heterocycles. The van der Waals surface area contributed by atoms with E-state index in [-0.39, 0.29) is 23.5 Å². The average molecular weight is 282 g/mol. The first-order chi connectivity index (χ1) is 8.87. The molecule has 5 nitrogen and oxygen atoms in total. The smallest absolute Gasteiger partial charge is 0.251 e. The van der Waals surface area contributed by atoms with Crippen LogP contribution in [0.15, 0.2) is 24.3 Å². The van der Waals surface area contributed by atoms with Crippen LogP contribution in [0.1, 0.15) is 16.8 Å². The van der Waals surface area contributed by atoms with Gasteiger partial charge in [0.1, 0.15) is 0 Å². The Morgan fingerprint density at radius 3 is 2.68 bits per heavy atom. The van der Waals surface area contributed by atoms with Gasteiger partial charge in [0.15, 0.2) is 9.84 Å². The fourth-order valence-corrected chi connectivity index (χ4v) is 3.78. The van der Waals surface area contributed by atoms with Crippen molar-refractivity contribution in [2.24, 2.45) is 0 Å². The molecule has 1 saturated heterocycles. The highest BCUT2D eigenvalue weighted by molar-refractivity contribution is 7.91. The van der Waals surface area contributed by atoms with Crippen LogP contribution in [0.4, 0.5) is 5.69 Å². The molecule has 1 atom stereocenters. The average Bonchev–Trinajstić information content (AvgIpc) is 2.68. The lowest BCUT2D eigenvalue weighted by atomic mass is 10.1. The molecule has 1 unspecified atom stereocenters. The molecule has 1 amide bonds. The van der Waals surface area contributed by atoms with Crippen molar-refractivity contribution in [3.05, 3.63) is 29.8 Å². The van der Waals surface area contributed by atoms with Crippen molar-refractivity contribution in [2.75, 3.05) is 30.5 Å². The molecule has 6 heteroatoms. The SMILES string of the molecule is CN(C)c1cccc(C(=O)NC2CCS(=O)(=O)C2)c1. The molecule has 2 rings (SSSR count). The zero-order chi connectivity index (χ0) is 14.0. The first-order valence-electron chi connectivity index (χ1n) is 6.16. The van der Waals surface area contributed by atoms with Crippen molar-refractivity contribution >= 4 is 21.4 Å². The second-order valence-electron chi connectivity index (χ2n) is 5.02. The molecule has 0 saturated carbocycles. The summed E-state index contributed by atoms with van der Waals surface area (Å²) in [6.07, 6.45) is 0.501. The Hall–Kier alpha value is -1.56. The lowest BCUT2D eigenvalue weighted by Crippen LogP contribution is -2.35. The molecular weight excluding hydrogens is 264 g/mol. The predicted octanol–water partition coefficient (Wildman–Crippen LogP) is 0.669. The van der Waals surface area contributed by atoms with Crippen LogP contribution in [0.2, 0.25) is 0 Å². The summed E-state index contributed by atoms with van der Waals surface area (Å²) in [6, 6.07) is 6.98. The molecule has 104 valence electrons. The zero-order valence-electron chi connectivity index (χ0n) is 11.1. The number of anilines is 1. The van der Waals surface area contributed by atoms with E-state index in [1.54, 1.807) is 12.1 Å². The third-order valence-electron chi connectivity index (χ3n) is 3.19. The quantitative estimate of drug-likeness (QED) is 0.885. The third kappa shape index (κ3) is 3.47. The molecule has 1 fully saturated rings. The lowest BCUT2D eigenvalue weighted by Gasteiger charge is -2.15. The summed E-state index contributed by atoms with van der Waals surface area (Å²) < 4.78 is 22.7. The maximum atomic E-state index is 12.1. The zero-order valence-corrected chi connectivity index (χ0v) is 11.9. The summed E-state index contributed by atoms with van der Waals surface area (Å²) >= 11 is 0. The summed E-state index contributed by atoms with van der Waals surface area (Å²) in [7, 11) is 0.839. The number of carbonyl (C=O) groups is 1. The minimum Gasteiger partial charge on any atom is -0.378 e. The van der Waals surface area contributed by atoms with E-state index in [9.17, 15) is 13.2 Å². The minimum atomic E-state index is -2.97. The van der Waals surface area contributed by atoms with E-state index in [0.29, 0.717) is 12.0 Å². The molecule has 0 spiro atoms. The highest BCUT2D eigenvalue weighted by Gasteiger charge is 2.29. The van der Waals surface area contributed by atoms with Gasteiger partial charge in [-0.05, 0) is 24.6 Å². The molecule has 1 aliphatic rings. The molecular formula is C13H18N2O3S. The Morgan fingerprint density at radius 2 is 2.11 bits per heavy atom. The van der Waals surface area contributed by atoms with E-state index < -0.39 is 9.84 Å². The molecule has 0 radical (unpaired) electrons. The van der Waals surface area contributed by atoms with Crippen LogP contribution in [0.5, 0.6) is 0 Å². The highest BCUT2D eigenvalue weighted by atomic mass is 32.2. The first kappa shape index (κ1) is 13.9. The summed E-state index contributed by atoms with van der Waals surface area (Å²) in [6.45, 7) is 0. The number of benzene rings is 1. The Labute approximate surface area is 113 Å². The number of nitrogens with one attached hydrogen (secondary N) is 1. The van der Waals surface area contributed by atoms with Gasteiger partial charge in [0.2, 0.25) is 0 Å². The van der Waals surface area contributed by atoms with Crippen molar-refractivity contribution in [2.45, 2.75) is 12.5 Å². The number of hydrogen-bond acceptors (Lipinski definition) is 4. The molecule has 1 aliphatic heterocycles. The molecule has 1 N–H and O–H groups in total. The van der Waals surface area contributed by atoms with E-state index in [1.807, 2.05) is 31.1 Å². The van der Waals surface area contributed by atoms with E-state index in [2.05, 4.69) is 5.32 Å². The van der Waals surface area contributed by atoms with Crippen molar-refractivity contribution < 1.29 is 13.2 Å². The van der Waals surface area contributed by atoms with E-state index >= 15 is 0 Å². The molecule has 1 aromatic rings. The number of amides is 1. The number of hydrogen-bond donors (Lipinski definition) is 1. The van der Waals surface area contributed by atoms with Crippen LogP contribution in [0.3, 0.4) is 0 Å². The molecule has 0 aromatic heterocycles. The number of nitrogens with zero attached hydrogens (tertiary/aromatic N) is 1. The van der Waals surface area contributed by atoms with Gasteiger partial charge in [0, 0.05) is 31.4 Å². The van der Waals surface area contributed by atoms with Gasteiger partial charge in [0.25, 0.3) is 5.91 Å². The van der Waals surface area contributed by atoms with Gasteiger partial charge in [-0.25, -0.2) is 8.42 Å². The maximum absolute atomic E-state index is 12.1. The van der Waals surface area contributed by atoms with Crippen molar-refractivity contribution in [1.82, 2.24) is 5.32 Å². The van der Waals surface area contributed by atoms with E-state index in [0.717, 1.165) is 5.69 Å². The van der Waals surface area contributed by atoms with Gasteiger partial charge in [-0.3, -0.25) is 4.79 Å². The van der Waals surface area contributed by atoms with E-state index in [4.69, 9.17) is 0 Å². The van der Waals surface area contributed by atoms with Gasteiger partial charge in [-0.2, -0.15) is 0 Å². The van der Waals surface area contributed by atoms with Crippen molar-refractivity contribution in [3.8, 4) is 0 Å². The molecule has 0 bridgehead atoms. The largest absolute Gasteiger partial charge is 0.378 e. The van der Waals surface area contributed by atoms with Crippen LogP contribution in [0, 0.1) is 0 Å². The molecule has 0 aliphatic carbocycles. The van der Waals surface area contributed by atoms with Crippen molar-refractivity contribution in [1.29, 1.82) is 0 Å². The fourth-order valence-electron chi connectivity index (χ4n) is 2.10. The standard InChI is InChI=1S/C13H18N2O3S/c1-15(2)12-5-3-4-10(8-12)13(16)14-11-6-7-19(17,18)9-11/h3-5,8,11H,6-7,9H2,1-2H3,(H,14,16). The first-order valence-corrected chi connectivity index (χ1v) is 7.98. The second-order valence-corrected chi connectivity index (χ2v) is 7.25. The van der Waals surface area contributed by atoms with Gasteiger partial charge in [-0.15, -0.1) is 0 Å². The van der Waals surface area contributed by atoms with Crippen LogP contribution >= 0.6 is 0 Å². The number of sulfone groups is 1. The fraction of sp³-hybridized carbons (Fsp3) is 0.462.